The molecule has 0 unspecified atom stereocenters. The molecule has 1 heterocycles. The summed E-state index contributed by atoms with van der Waals surface area (Å²) >= 11 is 2.26. The lowest BCUT2D eigenvalue weighted by Crippen LogP contribution is -2.05. The summed E-state index contributed by atoms with van der Waals surface area (Å²) in [5, 5.41) is 8.23. The van der Waals surface area contributed by atoms with E-state index in [4.69, 9.17) is 0 Å². The number of hydrogen-bond donors (Lipinski definition) is 0. The smallest absolute Gasteiger partial charge is 0.146 e. The van der Waals surface area contributed by atoms with Crippen LogP contribution in [0.3, 0.4) is 0 Å². The second kappa shape index (κ2) is 6.37. The van der Waals surface area contributed by atoms with Gasteiger partial charge in [-0.3, -0.25) is 0 Å². The third kappa shape index (κ3) is 3.22. The van der Waals surface area contributed by atoms with E-state index in [-0.39, 0.29) is 0 Å². The summed E-state index contributed by atoms with van der Waals surface area (Å²) < 4.78 is 3.11. The van der Waals surface area contributed by atoms with Crippen LogP contribution in [0.2, 0.25) is 0 Å². The average Bonchev–Trinajstić information content (AvgIpc) is 2.54. The monoisotopic (exact) mass is 307 g/mol. The summed E-state index contributed by atoms with van der Waals surface area (Å²) in [6.07, 6.45) is 6.16. The Hall–Kier alpha value is -0.130. The summed E-state index contributed by atoms with van der Waals surface area (Å²) in [6.45, 7) is 5.42. The zero-order valence-corrected chi connectivity index (χ0v) is 11.1. The van der Waals surface area contributed by atoms with Crippen LogP contribution < -0.4 is 0 Å². The van der Waals surface area contributed by atoms with Crippen molar-refractivity contribution in [3.05, 3.63) is 9.39 Å². The van der Waals surface area contributed by atoms with Gasteiger partial charge in [-0.2, -0.15) is 0 Å². The molecule has 0 aromatic carbocycles. The van der Waals surface area contributed by atoms with E-state index in [1.54, 1.807) is 0 Å². The molecule has 0 saturated carbocycles. The Morgan fingerprint density at radius 3 is 2.64 bits per heavy atom. The van der Waals surface area contributed by atoms with Crippen molar-refractivity contribution in [2.75, 3.05) is 0 Å². The van der Waals surface area contributed by atoms with Gasteiger partial charge in [0.2, 0.25) is 0 Å². The van der Waals surface area contributed by atoms with Gasteiger partial charge < -0.3 is 0 Å². The number of halogens is 1. The molecule has 0 aliphatic carbocycles. The van der Waals surface area contributed by atoms with Gasteiger partial charge in [0, 0.05) is 6.54 Å². The summed E-state index contributed by atoms with van der Waals surface area (Å²) in [4.78, 5) is 0. The molecule has 4 heteroatoms. The molecular formula is C10H18IN3. The number of hydrogen-bond acceptors (Lipinski definition) is 2. The SMILES string of the molecule is CCCCCCn1nnc(I)c1CC. The quantitative estimate of drug-likeness (QED) is 0.597. The number of aryl methyl sites for hydroxylation is 1. The van der Waals surface area contributed by atoms with E-state index in [0.717, 1.165) is 16.7 Å². The molecule has 14 heavy (non-hydrogen) atoms. The summed E-state index contributed by atoms with van der Waals surface area (Å²) in [6, 6.07) is 0. The first-order valence-corrected chi connectivity index (χ1v) is 6.45. The first-order valence-electron chi connectivity index (χ1n) is 5.37. The van der Waals surface area contributed by atoms with Crippen molar-refractivity contribution < 1.29 is 0 Å². The fourth-order valence-electron chi connectivity index (χ4n) is 1.51. The lowest BCUT2D eigenvalue weighted by atomic mass is 10.2. The third-order valence-corrected chi connectivity index (χ3v) is 3.19. The standard InChI is InChI=1S/C10H18IN3/c1-3-5-6-7-8-14-9(4-2)10(11)12-13-14/h3-8H2,1-2H3. The van der Waals surface area contributed by atoms with Gasteiger partial charge >= 0.3 is 0 Å². The van der Waals surface area contributed by atoms with Crippen molar-refractivity contribution in [1.29, 1.82) is 0 Å². The van der Waals surface area contributed by atoms with E-state index in [0.29, 0.717) is 0 Å². The Morgan fingerprint density at radius 1 is 1.21 bits per heavy atom. The molecule has 0 amide bonds. The maximum Gasteiger partial charge on any atom is 0.146 e. The molecule has 0 fully saturated rings. The zero-order chi connectivity index (χ0) is 10.4. The third-order valence-electron chi connectivity index (χ3n) is 2.35. The van der Waals surface area contributed by atoms with E-state index in [9.17, 15) is 0 Å². The number of unbranched alkanes of at least 4 members (excludes halogenated alkanes) is 3. The molecule has 0 atom stereocenters. The first kappa shape index (κ1) is 11.9. The van der Waals surface area contributed by atoms with Gasteiger partial charge in [0.15, 0.2) is 0 Å². The summed E-state index contributed by atoms with van der Waals surface area (Å²) in [5.41, 5.74) is 1.28. The van der Waals surface area contributed by atoms with Gasteiger partial charge in [0.05, 0.1) is 5.69 Å². The molecule has 0 N–H and O–H groups in total. The van der Waals surface area contributed by atoms with Crippen LogP contribution in [0, 0.1) is 3.70 Å². The minimum Gasteiger partial charge on any atom is -0.248 e. The Balaban J connectivity index is 2.42. The lowest BCUT2D eigenvalue weighted by molar-refractivity contribution is 0.513. The molecule has 0 saturated heterocycles. The van der Waals surface area contributed by atoms with Crippen molar-refractivity contribution in [1.82, 2.24) is 15.0 Å². The van der Waals surface area contributed by atoms with Crippen molar-refractivity contribution in [3.63, 3.8) is 0 Å². The highest BCUT2D eigenvalue weighted by atomic mass is 127. The van der Waals surface area contributed by atoms with Gasteiger partial charge in [-0.25, -0.2) is 4.68 Å². The van der Waals surface area contributed by atoms with Crippen LogP contribution >= 0.6 is 22.6 Å². The Kier molecular flexibility index (Phi) is 5.44. The fourth-order valence-corrected chi connectivity index (χ4v) is 2.26. The molecule has 3 nitrogen and oxygen atoms in total. The van der Waals surface area contributed by atoms with Gasteiger partial charge in [-0.05, 0) is 35.4 Å². The zero-order valence-electron chi connectivity index (χ0n) is 8.96. The maximum atomic E-state index is 4.14. The molecule has 0 radical (unpaired) electrons. The minimum absolute atomic E-state index is 1.03. The largest absolute Gasteiger partial charge is 0.248 e. The molecule has 1 aromatic heterocycles. The van der Waals surface area contributed by atoms with Gasteiger partial charge in [0.1, 0.15) is 3.70 Å². The molecule has 1 rings (SSSR count). The van der Waals surface area contributed by atoms with Crippen LogP contribution in [0.4, 0.5) is 0 Å². The normalized spacial score (nSPS) is 10.8. The van der Waals surface area contributed by atoms with Gasteiger partial charge in [-0.1, -0.05) is 38.3 Å². The van der Waals surface area contributed by atoms with E-state index in [1.165, 1.54) is 31.4 Å². The number of aromatic nitrogens is 3. The van der Waals surface area contributed by atoms with E-state index in [1.807, 2.05) is 0 Å². The van der Waals surface area contributed by atoms with Crippen LogP contribution in [0.5, 0.6) is 0 Å². The number of rotatable bonds is 6. The second-order valence-electron chi connectivity index (χ2n) is 3.46. The minimum atomic E-state index is 1.03. The van der Waals surface area contributed by atoms with Crippen LogP contribution in [-0.2, 0) is 13.0 Å². The highest BCUT2D eigenvalue weighted by Crippen LogP contribution is 2.10. The Morgan fingerprint density at radius 2 is 2.00 bits per heavy atom. The molecule has 0 bridgehead atoms. The van der Waals surface area contributed by atoms with E-state index < -0.39 is 0 Å². The van der Waals surface area contributed by atoms with E-state index >= 15 is 0 Å². The predicted octanol–water partition coefficient (Wildman–Crippen LogP) is 3.03. The highest BCUT2D eigenvalue weighted by molar-refractivity contribution is 14.1. The average molecular weight is 307 g/mol. The Labute approximate surface area is 99.4 Å². The molecule has 80 valence electrons. The van der Waals surface area contributed by atoms with Crippen LogP contribution in [0.15, 0.2) is 0 Å². The summed E-state index contributed by atoms with van der Waals surface area (Å²) in [5.74, 6) is 0. The van der Waals surface area contributed by atoms with Gasteiger partial charge in [0.25, 0.3) is 0 Å². The van der Waals surface area contributed by atoms with Crippen molar-refractivity contribution in [3.8, 4) is 0 Å². The molecule has 0 aliphatic heterocycles. The molecule has 0 aliphatic rings. The maximum absolute atomic E-state index is 4.14. The highest BCUT2D eigenvalue weighted by Gasteiger charge is 2.06. The second-order valence-corrected chi connectivity index (χ2v) is 4.49. The number of nitrogens with zero attached hydrogens (tertiary/aromatic N) is 3. The lowest BCUT2D eigenvalue weighted by Gasteiger charge is -2.03. The van der Waals surface area contributed by atoms with Crippen molar-refractivity contribution in [2.45, 2.75) is 52.5 Å². The van der Waals surface area contributed by atoms with E-state index in [2.05, 4.69) is 51.4 Å². The first-order chi connectivity index (χ1) is 6.79. The van der Waals surface area contributed by atoms with Crippen LogP contribution in [0.25, 0.3) is 0 Å². The van der Waals surface area contributed by atoms with Crippen LogP contribution in [0.1, 0.15) is 45.2 Å². The topological polar surface area (TPSA) is 30.7 Å². The van der Waals surface area contributed by atoms with Gasteiger partial charge in [-0.15, -0.1) is 5.10 Å². The predicted molar refractivity (Wildman–Crippen MR) is 66.3 cm³/mol. The fraction of sp³-hybridized carbons (Fsp3) is 0.800. The summed E-state index contributed by atoms with van der Waals surface area (Å²) in [7, 11) is 0. The molecular weight excluding hydrogens is 289 g/mol. The molecule has 1 aromatic rings. The van der Waals surface area contributed by atoms with Crippen molar-refractivity contribution >= 4 is 22.6 Å². The van der Waals surface area contributed by atoms with Crippen LogP contribution in [-0.4, -0.2) is 15.0 Å². The Bertz CT molecular complexity index is 270. The van der Waals surface area contributed by atoms with Crippen molar-refractivity contribution in [2.24, 2.45) is 0 Å². The molecule has 0 spiro atoms.